The lowest BCUT2D eigenvalue weighted by molar-refractivity contribution is 0.178. The van der Waals surface area contributed by atoms with Gasteiger partial charge in [-0.3, -0.25) is 4.90 Å². The van der Waals surface area contributed by atoms with Gasteiger partial charge in [0.05, 0.1) is 28.3 Å². The van der Waals surface area contributed by atoms with Crippen LogP contribution >= 0.6 is 0 Å². The van der Waals surface area contributed by atoms with Gasteiger partial charge in [-0.15, -0.1) is 0 Å². The van der Waals surface area contributed by atoms with Gasteiger partial charge in [0, 0.05) is 19.0 Å². The zero-order valence-corrected chi connectivity index (χ0v) is 15.6. The van der Waals surface area contributed by atoms with Crippen molar-refractivity contribution in [2.24, 2.45) is 0 Å². The molecule has 6 heteroatoms. The van der Waals surface area contributed by atoms with Crippen LogP contribution in [0, 0.1) is 6.92 Å². The van der Waals surface area contributed by atoms with Crippen LogP contribution in [-0.4, -0.2) is 38.1 Å². The zero-order valence-electron chi connectivity index (χ0n) is 15.6. The summed E-state index contributed by atoms with van der Waals surface area (Å²) in [5, 5.41) is 4.12. The maximum Gasteiger partial charge on any atom is 0.231 e. The smallest absolute Gasteiger partial charge is 0.231 e. The Labute approximate surface area is 153 Å². The Hall–Kier alpha value is -2.34. The third-order valence-corrected chi connectivity index (χ3v) is 5.04. The van der Waals surface area contributed by atoms with E-state index in [1.165, 1.54) is 0 Å². The molecule has 0 bridgehead atoms. The van der Waals surface area contributed by atoms with Gasteiger partial charge in [0.1, 0.15) is 0 Å². The summed E-state index contributed by atoms with van der Waals surface area (Å²) in [6.45, 7) is 9.02. The fourth-order valence-corrected chi connectivity index (χ4v) is 3.53. The number of rotatable bonds is 4. The minimum Gasteiger partial charge on any atom is -0.339 e. The van der Waals surface area contributed by atoms with Gasteiger partial charge < -0.3 is 4.52 Å². The van der Waals surface area contributed by atoms with E-state index >= 15 is 0 Å². The third-order valence-electron chi connectivity index (χ3n) is 5.04. The lowest BCUT2D eigenvalue weighted by Gasteiger charge is -2.30. The summed E-state index contributed by atoms with van der Waals surface area (Å²) in [7, 11) is 0. The predicted octanol–water partition coefficient (Wildman–Crippen LogP) is 3.82. The van der Waals surface area contributed by atoms with E-state index in [0.717, 1.165) is 66.6 Å². The van der Waals surface area contributed by atoms with Crippen molar-refractivity contribution in [2.45, 2.75) is 52.0 Å². The normalized spacial score (nSPS) is 18.7. The van der Waals surface area contributed by atoms with Crippen molar-refractivity contribution in [1.82, 2.24) is 25.0 Å². The molecule has 4 rings (SSSR count). The first-order valence-corrected chi connectivity index (χ1v) is 9.38. The van der Waals surface area contributed by atoms with Crippen LogP contribution in [0.1, 0.15) is 61.6 Å². The molecule has 0 spiro atoms. The molecule has 0 amide bonds. The first kappa shape index (κ1) is 17.1. The summed E-state index contributed by atoms with van der Waals surface area (Å²) >= 11 is 0. The van der Waals surface area contributed by atoms with Crippen molar-refractivity contribution in [3.05, 3.63) is 47.4 Å². The largest absolute Gasteiger partial charge is 0.339 e. The number of hydrogen-bond donors (Lipinski definition) is 0. The molecule has 136 valence electrons. The van der Waals surface area contributed by atoms with Gasteiger partial charge in [-0.1, -0.05) is 31.1 Å². The molecule has 26 heavy (non-hydrogen) atoms. The summed E-state index contributed by atoms with van der Waals surface area (Å²) in [6.07, 6.45) is 2.22. The molecule has 6 nitrogen and oxygen atoms in total. The number of hydrogen-bond acceptors (Lipinski definition) is 6. The lowest BCUT2D eigenvalue weighted by Crippen LogP contribution is -2.34. The summed E-state index contributed by atoms with van der Waals surface area (Å²) < 4.78 is 5.53. The molecule has 3 heterocycles. The summed E-state index contributed by atoms with van der Waals surface area (Å²) in [4.78, 5) is 16.6. The van der Waals surface area contributed by atoms with Crippen molar-refractivity contribution in [3.8, 4) is 0 Å². The van der Waals surface area contributed by atoms with Gasteiger partial charge in [0.15, 0.2) is 5.82 Å². The topological polar surface area (TPSA) is 67.9 Å². The molecular formula is C20H25N5O. The number of likely N-dealkylation sites (tertiary alicyclic amines) is 1. The van der Waals surface area contributed by atoms with Gasteiger partial charge in [0.25, 0.3) is 0 Å². The summed E-state index contributed by atoms with van der Waals surface area (Å²) in [6, 6.07) is 8.05. The van der Waals surface area contributed by atoms with Crippen LogP contribution in [0.3, 0.4) is 0 Å². The Morgan fingerprint density at radius 3 is 2.65 bits per heavy atom. The molecule has 1 atom stereocenters. The Balaban J connectivity index is 1.50. The molecule has 1 fully saturated rings. The molecule has 2 aromatic heterocycles. The average molecular weight is 351 g/mol. The standard InChI is InChI=1S/C20H25N5O/c1-13(2)19-23-20(26-24-19)15-7-6-10-25(11-15)12-18-14(3)21-16-8-4-5-9-17(16)22-18/h4-5,8-9,13,15H,6-7,10-12H2,1-3H3/t15-/m1/s1. The fourth-order valence-electron chi connectivity index (χ4n) is 3.53. The molecule has 0 radical (unpaired) electrons. The minimum absolute atomic E-state index is 0.294. The van der Waals surface area contributed by atoms with Crippen LogP contribution in [0.5, 0.6) is 0 Å². The van der Waals surface area contributed by atoms with Crippen molar-refractivity contribution >= 4 is 11.0 Å². The second kappa shape index (κ2) is 7.11. The number of nitrogens with zero attached hydrogens (tertiary/aromatic N) is 5. The molecule has 1 aliphatic rings. The minimum atomic E-state index is 0.294. The van der Waals surface area contributed by atoms with Crippen LogP contribution in [0.15, 0.2) is 28.8 Å². The van der Waals surface area contributed by atoms with Crippen LogP contribution in [0.2, 0.25) is 0 Å². The van der Waals surface area contributed by atoms with Crippen LogP contribution in [-0.2, 0) is 6.54 Å². The number of benzene rings is 1. The van der Waals surface area contributed by atoms with Crippen LogP contribution < -0.4 is 0 Å². The molecule has 1 saturated heterocycles. The Kier molecular flexibility index (Phi) is 4.68. The van der Waals surface area contributed by atoms with E-state index in [0.29, 0.717) is 11.8 Å². The average Bonchev–Trinajstić information content (AvgIpc) is 3.13. The molecule has 0 saturated carbocycles. The number of para-hydroxylation sites is 2. The molecular weight excluding hydrogens is 326 g/mol. The first-order chi connectivity index (χ1) is 12.6. The fraction of sp³-hybridized carbons (Fsp3) is 0.500. The molecule has 1 aromatic carbocycles. The number of piperidine rings is 1. The quantitative estimate of drug-likeness (QED) is 0.712. The van der Waals surface area contributed by atoms with Crippen LogP contribution in [0.4, 0.5) is 0 Å². The molecule has 0 aliphatic carbocycles. The second-order valence-electron chi connectivity index (χ2n) is 7.46. The number of aromatic nitrogens is 4. The van der Waals surface area contributed by atoms with E-state index in [1.54, 1.807) is 0 Å². The SMILES string of the molecule is Cc1nc2ccccc2nc1CN1CCC[C@@H](c2nc(C(C)C)no2)C1. The van der Waals surface area contributed by atoms with E-state index in [2.05, 4.69) is 28.9 Å². The van der Waals surface area contributed by atoms with E-state index in [-0.39, 0.29) is 0 Å². The molecule has 0 unspecified atom stereocenters. The van der Waals surface area contributed by atoms with Gasteiger partial charge in [-0.2, -0.15) is 4.98 Å². The Morgan fingerprint density at radius 2 is 1.92 bits per heavy atom. The maximum absolute atomic E-state index is 5.53. The van der Waals surface area contributed by atoms with Crippen molar-refractivity contribution < 1.29 is 4.52 Å². The highest BCUT2D eigenvalue weighted by atomic mass is 16.5. The van der Waals surface area contributed by atoms with E-state index in [1.807, 2.05) is 31.2 Å². The molecule has 1 aliphatic heterocycles. The number of fused-ring (bicyclic) bond motifs is 1. The van der Waals surface area contributed by atoms with E-state index in [9.17, 15) is 0 Å². The molecule has 3 aromatic rings. The van der Waals surface area contributed by atoms with E-state index < -0.39 is 0 Å². The highest BCUT2D eigenvalue weighted by molar-refractivity contribution is 5.74. The maximum atomic E-state index is 5.53. The van der Waals surface area contributed by atoms with Gasteiger partial charge in [-0.05, 0) is 38.4 Å². The summed E-state index contributed by atoms with van der Waals surface area (Å²) in [5.74, 6) is 2.17. The predicted molar refractivity (Wildman–Crippen MR) is 99.9 cm³/mol. The third kappa shape index (κ3) is 3.46. The highest BCUT2D eigenvalue weighted by Crippen LogP contribution is 2.28. The molecule has 0 N–H and O–H groups in total. The summed E-state index contributed by atoms with van der Waals surface area (Å²) in [5.41, 5.74) is 3.97. The van der Waals surface area contributed by atoms with Gasteiger partial charge in [0.2, 0.25) is 5.89 Å². The second-order valence-corrected chi connectivity index (χ2v) is 7.46. The Morgan fingerprint density at radius 1 is 1.15 bits per heavy atom. The van der Waals surface area contributed by atoms with Crippen molar-refractivity contribution in [2.75, 3.05) is 13.1 Å². The number of aryl methyl sites for hydroxylation is 1. The Bertz CT molecular complexity index is 904. The highest BCUT2D eigenvalue weighted by Gasteiger charge is 2.27. The van der Waals surface area contributed by atoms with Gasteiger partial charge in [-0.25, -0.2) is 9.97 Å². The monoisotopic (exact) mass is 351 g/mol. The zero-order chi connectivity index (χ0) is 18.1. The lowest BCUT2D eigenvalue weighted by atomic mass is 9.97. The van der Waals surface area contributed by atoms with Crippen molar-refractivity contribution in [1.29, 1.82) is 0 Å². The van der Waals surface area contributed by atoms with Crippen LogP contribution in [0.25, 0.3) is 11.0 Å². The van der Waals surface area contributed by atoms with Gasteiger partial charge >= 0.3 is 0 Å². The van der Waals surface area contributed by atoms with Crippen molar-refractivity contribution in [3.63, 3.8) is 0 Å². The first-order valence-electron chi connectivity index (χ1n) is 9.38. The van der Waals surface area contributed by atoms with E-state index in [4.69, 9.17) is 14.5 Å².